The second-order valence-electron chi connectivity index (χ2n) is 4.92. The molecule has 3 heteroatoms. The standard InChI is InChI=1S/C13H16BrNO/c1-9-13(2,8-12(16)15-9)7-10-3-5-11(14)6-4-10/h3-6,9H,7-8H2,1-2H3,(H,15,16). The lowest BCUT2D eigenvalue weighted by atomic mass is 9.78. The molecule has 0 saturated carbocycles. The number of nitrogens with one attached hydrogen (secondary N) is 1. The van der Waals surface area contributed by atoms with Crippen molar-refractivity contribution >= 4 is 21.8 Å². The quantitative estimate of drug-likeness (QED) is 0.888. The van der Waals surface area contributed by atoms with E-state index in [0.29, 0.717) is 6.42 Å². The third kappa shape index (κ3) is 2.29. The highest BCUT2D eigenvalue weighted by Gasteiger charge is 2.40. The average molecular weight is 282 g/mol. The van der Waals surface area contributed by atoms with Gasteiger partial charge in [-0.1, -0.05) is 35.0 Å². The first-order valence-corrected chi connectivity index (χ1v) is 6.33. The number of carbonyl (C=O) groups excluding carboxylic acids is 1. The van der Waals surface area contributed by atoms with Crippen LogP contribution in [0.25, 0.3) is 0 Å². The number of carbonyl (C=O) groups is 1. The van der Waals surface area contributed by atoms with Gasteiger partial charge in [0.1, 0.15) is 0 Å². The van der Waals surface area contributed by atoms with E-state index in [1.54, 1.807) is 0 Å². The van der Waals surface area contributed by atoms with Gasteiger partial charge in [-0.25, -0.2) is 0 Å². The largest absolute Gasteiger partial charge is 0.353 e. The van der Waals surface area contributed by atoms with Gasteiger partial charge in [0.25, 0.3) is 0 Å². The van der Waals surface area contributed by atoms with Crippen LogP contribution < -0.4 is 5.32 Å². The Balaban J connectivity index is 2.15. The maximum atomic E-state index is 11.4. The Morgan fingerprint density at radius 1 is 1.44 bits per heavy atom. The highest BCUT2D eigenvalue weighted by Crippen LogP contribution is 2.35. The Morgan fingerprint density at radius 2 is 2.06 bits per heavy atom. The fourth-order valence-corrected chi connectivity index (χ4v) is 2.54. The summed E-state index contributed by atoms with van der Waals surface area (Å²) in [5.41, 5.74) is 1.33. The Hall–Kier alpha value is -0.830. The number of benzene rings is 1. The lowest BCUT2D eigenvalue weighted by Crippen LogP contribution is -2.33. The van der Waals surface area contributed by atoms with E-state index in [4.69, 9.17) is 0 Å². The van der Waals surface area contributed by atoms with Gasteiger partial charge in [-0.05, 0) is 31.0 Å². The summed E-state index contributed by atoms with van der Waals surface area (Å²) >= 11 is 3.43. The van der Waals surface area contributed by atoms with E-state index >= 15 is 0 Å². The molecule has 86 valence electrons. The summed E-state index contributed by atoms with van der Waals surface area (Å²) in [6.45, 7) is 4.27. The molecule has 0 bridgehead atoms. The molecule has 0 radical (unpaired) electrons. The maximum absolute atomic E-state index is 11.4. The SMILES string of the molecule is CC1NC(=O)CC1(C)Cc1ccc(Br)cc1. The summed E-state index contributed by atoms with van der Waals surface area (Å²) in [7, 11) is 0. The summed E-state index contributed by atoms with van der Waals surface area (Å²) in [4.78, 5) is 11.4. The van der Waals surface area contributed by atoms with Gasteiger partial charge in [-0.3, -0.25) is 4.79 Å². The minimum absolute atomic E-state index is 0.0465. The van der Waals surface area contributed by atoms with Crippen LogP contribution >= 0.6 is 15.9 Å². The molecule has 0 aromatic heterocycles. The van der Waals surface area contributed by atoms with Crippen LogP contribution in [0.1, 0.15) is 25.8 Å². The first-order chi connectivity index (χ1) is 7.49. The lowest BCUT2D eigenvalue weighted by molar-refractivity contribution is -0.119. The van der Waals surface area contributed by atoms with Gasteiger partial charge < -0.3 is 5.32 Å². The van der Waals surface area contributed by atoms with Crippen molar-refractivity contribution in [2.24, 2.45) is 5.41 Å². The monoisotopic (exact) mass is 281 g/mol. The van der Waals surface area contributed by atoms with E-state index in [9.17, 15) is 4.79 Å². The number of hydrogen-bond acceptors (Lipinski definition) is 1. The van der Waals surface area contributed by atoms with E-state index in [2.05, 4.69) is 47.2 Å². The van der Waals surface area contributed by atoms with Crippen molar-refractivity contribution in [1.82, 2.24) is 5.32 Å². The molecule has 2 nitrogen and oxygen atoms in total. The van der Waals surface area contributed by atoms with Gasteiger partial charge in [0.15, 0.2) is 0 Å². The highest BCUT2D eigenvalue weighted by atomic mass is 79.9. The van der Waals surface area contributed by atoms with Crippen LogP contribution in [-0.2, 0) is 11.2 Å². The summed E-state index contributed by atoms with van der Waals surface area (Å²) in [5.74, 6) is 0.173. The van der Waals surface area contributed by atoms with E-state index < -0.39 is 0 Å². The van der Waals surface area contributed by atoms with Crippen molar-refractivity contribution < 1.29 is 4.79 Å². The molecule has 2 unspecified atom stereocenters. The molecule has 1 aliphatic rings. The van der Waals surface area contributed by atoms with Crippen LogP contribution in [0.2, 0.25) is 0 Å². The molecule has 1 aromatic rings. The smallest absolute Gasteiger partial charge is 0.220 e. The molecule has 1 saturated heterocycles. The van der Waals surface area contributed by atoms with Crippen LogP contribution in [0.5, 0.6) is 0 Å². The van der Waals surface area contributed by atoms with Gasteiger partial charge in [0.2, 0.25) is 5.91 Å². The third-order valence-electron chi connectivity index (χ3n) is 3.51. The first kappa shape index (κ1) is 11.6. The summed E-state index contributed by atoms with van der Waals surface area (Å²) in [6.07, 6.45) is 1.57. The highest BCUT2D eigenvalue weighted by molar-refractivity contribution is 9.10. The molecule has 1 amide bonds. The Morgan fingerprint density at radius 3 is 2.56 bits per heavy atom. The average Bonchev–Trinajstić information content (AvgIpc) is 2.44. The van der Waals surface area contributed by atoms with Crippen molar-refractivity contribution in [2.45, 2.75) is 32.7 Å². The number of rotatable bonds is 2. The molecule has 1 fully saturated rings. The van der Waals surface area contributed by atoms with Crippen LogP contribution in [-0.4, -0.2) is 11.9 Å². The van der Waals surface area contributed by atoms with Crippen LogP contribution in [0.15, 0.2) is 28.7 Å². The summed E-state index contributed by atoms with van der Waals surface area (Å²) < 4.78 is 1.09. The molecule has 2 atom stereocenters. The zero-order chi connectivity index (χ0) is 11.8. The van der Waals surface area contributed by atoms with Crippen molar-refractivity contribution in [2.75, 3.05) is 0 Å². The minimum atomic E-state index is 0.0465. The molecular formula is C13H16BrNO. The van der Waals surface area contributed by atoms with Gasteiger partial charge in [-0.2, -0.15) is 0 Å². The topological polar surface area (TPSA) is 29.1 Å². The number of halogens is 1. The number of amides is 1. The molecule has 1 aliphatic heterocycles. The van der Waals surface area contributed by atoms with E-state index in [1.165, 1.54) is 5.56 Å². The minimum Gasteiger partial charge on any atom is -0.353 e. The molecular weight excluding hydrogens is 266 g/mol. The third-order valence-corrected chi connectivity index (χ3v) is 4.04. The predicted molar refractivity (Wildman–Crippen MR) is 68.2 cm³/mol. The first-order valence-electron chi connectivity index (χ1n) is 5.53. The van der Waals surface area contributed by atoms with E-state index in [0.717, 1.165) is 10.9 Å². The van der Waals surface area contributed by atoms with Crippen molar-refractivity contribution in [1.29, 1.82) is 0 Å². The summed E-state index contributed by atoms with van der Waals surface area (Å²) in [6, 6.07) is 8.58. The van der Waals surface area contributed by atoms with Crippen LogP contribution in [0.3, 0.4) is 0 Å². The zero-order valence-electron chi connectivity index (χ0n) is 9.59. The van der Waals surface area contributed by atoms with E-state index in [1.807, 2.05) is 12.1 Å². The van der Waals surface area contributed by atoms with Crippen molar-refractivity contribution in [3.63, 3.8) is 0 Å². The fourth-order valence-electron chi connectivity index (χ4n) is 2.27. The second kappa shape index (κ2) is 4.21. The molecule has 1 heterocycles. The fraction of sp³-hybridized carbons (Fsp3) is 0.462. The van der Waals surface area contributed by atoms with E-state index in [-0.39, 0.29) is 17.4 Å². The molecule has 16 heavy (non-hydrogen) atoms. The van der Waals surface area contributed by atoms with Crippen molar-refractivity contribution in [3.05, 3.63) is 34.3 Å². The Labute approximate surface area is 105 Å². The van der Waals surface area contributed by atoms with Gasteiger partial charge in [0.05, 0.1) is 0 Å². The zero-order valence-corrected chi connectivity index (χ0v) is 11.2. The molecule has 0 spiro atoms. The van der Waals surface area contributed by atoms with Crippen molar-refractivity contribution in [3.8, 4) is 0 Å². The lowest BCUT2D eigenvalue weighted by Gasteiger charge is -2.27. The van der Waals surface area contributed by atoms with Gasteiger partial charge in [-0.15, -0.1) is 0 Å². The Kier molecular flexibility index (Phi) is 3.06. The molecule has 1 aromatic carbocycles. The van der Waals surface area contributed by atoms with Crippen LogP contribution in [0, 0.1) is 5.41 Å². The predicted octanol–water partition coefficient (Wildman–Crippen LogP) is 2.91. The Bertz CT molecular complexity index is 401. The normalized spacial score (nSPS) is 29.2. The molecule has 2 rings (SSSR count). The van der Waals surface area contributed by atoms with Gasteiger partial charge >= 0.3 is 0 Å². The molecule has 1 N–H and O–H groups in total. The second-order valence-corrected chi connectivity index (χ2v) is 5.84. The maximum Gasteiger partial charge on any atom is 0.220 e. The summed E-state index contributed by atoms with van der Waals surface area (Å²) in [5, 5.41) is 2.99. The molecule has 0 aliphatic carbocycles. The number of hydrogen-bond donors (Lipinski definition) is 1. The van der Waals surface area contributed by atoms with Gasteiger partial charge in [0, 0.05) is 22.4 Å². The van der Waals surface area contributed by atoms with Crippen LogP contribution in [0.4, 0.5) is 0 Å².